The van der Waals surface area contributed by atoms with E-state index in [1.54, 1.807) is 12.1 Å². The largest absolute Gasteiger partial charge is 4.00 e. The Morgan fingerprint density at radius 2 is 1.87 bits per heavy atom. The first kappa shape index (κ1) is 23.5. The molecule has 0 aromatic heterocycles. The fourth-order valence-electron chi connectivity index (χ4n) is 4.30. The third-order valence-electron chi connectivity index (χ3n) is 5.72. The first-order valence-corrected chi connectivity index (χ1v) is 11.0. The zero-order valence-electron chi connectivity index (χ0n) is 13.8. The van der Waals surface area contributed by atoms with Crippen LogP contribution in [0, 0.1) is 24.3 Å². The van der Waals surface area contributed by atoms with E-state index in [0.29, 0.717) is 0 Å². The topological polar surface area (TPSA) is 0 Å². The molecule has 1 saturated heterocycles. The van der Waals surface area contributed by atoms with Gasteiger partial charge in [-0.1, -0.05) is 55.8 Å². The molecule has 0 N–H and O–H groups in total. The van der Waals surface area contributed by atoms with Gasteiger partial charge in [-0.25, -0.2) is 12.2 Å². The Kier molecular flexibility index (Phi) is 11.4. The molecule has 3 unspecified atom stereocenters. The quantitative estimate of drug-likeness (QED) is 0.433. The van der Waals surface area contributed by atoms with Gasteiger partial charge in [-0.05, 0) is 11.8 Å². The Labute approximate surface area is 170 Å². The fraction of sp³-hybridized carbons (Fsp3) is 0.526. The smallest absolute Gasteiger partial charge is 1.00 e. The molecule has 0 bridgehead atoms. The Morgan fingerprint density at radius 1 is 1.13 bits per heavy atom. The minimum absolute atomic E-state index is 0. The number of rotatable bonds is 2. The van der Waals surface area contributed by atoms with Crippen LogP contribution in [0.4, 0.5) is 0 Å². The van der Waals surface area contributed by atoms with Crippen LogP contribution < -0.4 is 24.8 Å². The van der Waals surface area contributed by atoms with E-state index >= 15 is 0 Å². The Morgan fingerprint density at radius 3 is 2.35 bits per heavy atom. The number of hydrogen-bond donors (Lipinski definition) is 0. The van der Waals surface area contributed by atoms with Gasteiger partial charge in [0.2, 0.25) is 0 Å². The van der Waals surface area contributed by atoms with Crippen molar-refractivity contribution in [3.05, 3.63) is 55.0 Å². The van der Waals surface area contributed by atoms with Crippen LogP contribution in [0.25, 0.3) is 0 Å². The van der Waals surface area contributed by atoms with Gasteiger partial charge in [-0.15, -0.1) is 6.42 Å². The number of fused-ring (bicyclic) bond motifs is 1. The van der Waals surface area contributed by atoms with Crippen LogP contribution in [-0.4, -0.2) is 8.07 Å². The second-order valence-electron chi connectivity index (χ2n) is 6.58. The summed E-state index contributed by atoms with van der Waals surface area (Å²) in [6, 6.07) is 4.76. The standard InChI is InChI=1S/C14H21Si.C5H5.2ClH.Ti/c1-2-15(10-5-11-15)14-9-8-12-6-3-4-7-13(12)14;1-2-4-5-3-1;;;/h3-4,6-7,9,12-14H,2,5,8,10-11H2,1H3;1-3H,4H2;2*1H;/q2*-1;;;+4/p-2. The summed E-state index contributed by atoms with van der Waals surface area (Å²) in [5, 5.41) is 0. The molecule has 1 saturated carbocycles. The van der Waals surface area contributed by atoms with Gasteiger partial charge in [-0.2, -0.15) is 18.0 Å². The monoisotopic (exact) mass is 400 g/mol. The average molecular weight is 401 g/mol. The third-order valence-corrected chi connectivity index (χ3v) is 11.9. The molecule has 0 aromatic carbocycles. The first-order chi connectivity index (χ1) is 9.86. The predicted molar refractivity (Wildman–Crippen MR) is 90.0 cm³/mol. The van der Waals surface area contributed by atoms with Crippen molar-refractivity contribution < 1.29 is 46.5 Å². The van der Waals surface area contributed by atoms with E-state index in [4.69, 9.17) is 0 Å². The van der Waals surface area contributed by atoms with Gasteiger partial charge in [0.1, 0.15) is 0 Å². The summed E-state index contributed by atoms with van der Waals surface area (Å²) < 4.78 is 0. The number of allylic oxidation sites excluding steroid dienone is 8. The molecule has 4 heteroatoms. The molecule has 4 rings (SSSR count). The summed E-state index contributed by atoms with van der Waals surface area (Å²) in [6.45, 7) is 2.45. The van der Waals surface area contributed by atoms with Gasteiger partial charge >= 0.3 is 21.7 Å². The maximum atomic E-state index is 2.99. The average Bonchev–Trinajstić information content (AvgIpc) is 3.11. The minimum atomic E-state index is -0.833. The van der Waals surface area contributed by atoms with Crippen molar-refractivity contribution in [3.8, 4) is 0 Å². The molecular formula is C19H26Cl2SiTi. The summed E-state index contributed by atoms with van der Waals surface area (Å²) >= 11 is 0. The summed E-state index contributed by atoms with van der Waals surface area (Å²) in [5.74, 6) is 1.75. The predicted octanol–water partition coefficient (Wildman–Crippen LogP) is -0.493. The molecule has 0 nitrogen and oxygen atoms in total. The molecule has 0 amide bonds. The van der Waals surface area contributed by atoms with Crippen molar-refractivity contribution in [2.75, 3.05) is 0 Å². The summed E-state index contributed by atoms with van der Waals surface area (Å²) in [4.78, 5) is 0. The Bertz CT molecular complexity index is 437. The molecule has 3 aliphatic carbocycles. The van der Waals surface area contributed by atoms with Crippen LogP contribution in [-0.2, 0) is 21.7 Å². The molecule has 124 valence electrons. The number of hydrogen-bond acceptors (Lipinski definition) is 0. The van der Waals surface area contributed by atoms with Crippen LogP contribution >= 0.6 is 0 Å². The zero-order valence-corrected chi connectivity index (χ0v) is 17.9. The van der Waals surface area contributed by atoms with Crippen LogP contribution in [0.1, 0.15) is 26.2 Å². The van der Waals surface area contributed by atoms with Crippen LogP contribution in [0.3, 0.4) is 0 Å². The third kappa shape index (κ3) is 5.22. The van der Waals surface area contributed by atoms with E-state index in [1.807, 2.05) is 12.2 Å². The Hall–Kier alpha value is 0.471. The molecule has 4 aliphatic rings. The van der Waals surface area contributed by atoms with E-state index in [0.717, 1.165) is 23.8 Å². The van der Waals surface area contributed by atoms with Crippen molar-refractivity contribution >= 4 is 8.07 Å². The SMILES string of the molecule is CC[Si]1(C2[CH-]CC3C=CC=CC32)CCC1.[C-]1=CC=CC1.[Cl-].[Cl-].[Ti+4]. The van der Waals surface area contributed by atoms with Gasteiger partial charge in [0.25, 0.3) is 0 Å². The van der Waals surface area contributed by atoms with Crippen LogP contribution in [0.5, 0.6) is 0 Å². The van der Waals surface area contributed by atoms with Gasteiger partial charge < -0.3 is 31.2 Å². The molecule has 0 aromatic rings. The minimum Gasteiger partial charge on any atom is -1.00 e. The van der Waals surface area contributed by atoms with Crippen LogP contribution in [0.2, 0.25) is 23.7 Å². The van der Waals surface area contributed by atoms with Crippen molar-refractivity contribution in [1.29, 1.82) is 0 Å². The summed E-state index contributed by atoms with van der Waals surface area (Å²) in [5.41, 5.74) is 1.02. The van der Waals surface area contributed by atoms with Crippen molar-refractivity contribution in [3.63, 3.8) is 0 Å². The van der Waals surface area contributed by atoms with E-state index in [9.17, 15) is 0 Å². The zero-order chi connectivity index (χ0) is 13.8. The molecule has 1 aliphatic heterocycles. The summed E-state index contributed by atoms with van der Waals surface area (Å²) in [7, 11) is -0.833. The Balaban J connectivity index is 0.000000529. The molecule has 1 heterocycles. The number of halogens is 2. The van der Waals surface area contributed by atoms with E-state index in [2.05, 4.69) is 49.8 Å². The van der Waals surface area contributed by atoms with Gasteiger partial charge in [0, 0.05) is 8.07 Å². The second-order valence-corrected chi connectivity index (χ2v) is 11.7. The van der Waals surface area contributed by atoms with Gasteiger partial charge in [0.05, 0.1) is 0 Å². The maximum Gasteiger partial charge on any atom is 4.00 e. The molecule has 23 heavy (non-hydrogen) atoms. The van der Waals surface area contributed by atoms with E-state index in [-0.39, 0.29) is 46.5 Å². The second kappa shape index (κ2) is 11.2. The molecule has 0 spiro atoms. The molecule has 3 atom stereocenters. The molecule has 0 radical (unpaired) electrons. The van der Waals surface area contributed by atoms with Crippen molar-refractivity contribution in [2.24, 2.45) is 11.8 Å². The van der Waals surface area contributed by atoms with Gasteiger partial charge in [-0.3, -0.25) is 6.08 Å². The van der Waals surface area contributed by atoms with Crippen LogP contribution in [0.15, 0.2) is 42.5 Å². The first-order valence-electron chi connectivity index (χ1n) is 8.26. The van der Waals surface area contributed by atoms with Crippen molar-refractivity contribution in [1.82, 2.24) is 0 Å². The molecule has 2 fully saturated rings. The van der Waals surface area contributed by atoms with Gasteiger partial charge in [0.15, 0.2) is 0 Å². The fourth-order valence-corrected chi connectivity index (χ4v) is 9.22. The van der Waals surface area contributed by atoms with Crippen molar-refractivity contribution in [2.45, 2.75) is 49.9 Å². The van der Waals surface area contributed by atoms with E-state index in [1.165, 1.54) is 18.9 Å². The summed E-state index contributed by atoms with van der Waals surface area (Å²) in [6.07, 6.45) is 25.1. The normalized spacial score (nSPS) is 30.7. The molecular weight excluding hydrogens is 375 g/mol. The maximum absolute atomic E-state index is 2.99. The van der Waals surface area contributed by atoms with E-state index < -0.39 is 8.07 Å².